The Labute approximate surface area is 138 Å². The van der Waals surface area contributed by atoms with Gasteiger partial charge in [0.05, 0.1) is 31.0 Å². The molecule has 1 aliphatic rings. The van der Waals surface area contributed by atoms with Crippen LogP contribution in [0, 0.1) is 6.92 Å². The summed E-state index contributed by atoms with van der Waals surface area (Å²) >= 11 is 1.71. The minimum Gasteiger partial charge on any atom is -0.481 e. The number of methoxy groups -OCH3 is 2. The monoisotopic (exact) mass is 333 g/mol. The largest absolute Gasteiger partial charge is 0.481 e. The number of hydrogen-bond acceptors (Lipinski definition) is 6. The minimum absolute atomic E-state index is 0.0528. The molecule has 0 aliphatic heterocycles. The summed E-state index contributed by atoms with van der Waals surface area (Å²) in [6.07, 6.45) is 2.99. The number of nitrogens with zero attached hydrogens (tertiary/aromatic N) is 2. The van der Waals surface area contributed by atoms with E-state index < -0.39 is 0 Å². The van der Waals surface area contributed by atoms with E-state index in [2.05, 4.69) is 15.3 Å². The van der Waals surface area contributed by atoms with Crippen molar-refractivity contribution in [3.63, 3.8) is 0 Å². The summed E-state index contributed by atoms with van der Waals surface area (Å²) in [6.45, 7) is 2.00. The molecule has 0 aromatic carbocycles. The molecule has 1 amide bonds. The zero-order valence-electron chi connectivity index (χ0n) is 13.4. The van der Waals surface area contributed by atoms with Gasteiger partial charge >= 0.3 is 0 Å². The van der Waals surface area contributed by atoms with Gasteiger partial charge in [0, 0.05) is 10.9 Å². The molecular formula is C16H19N3O3S. The molecule has 0 bridgehead atoms. The number of aromatic nitrogens is 2. The summed E-state index contributed by atoms with van der Waals surface area (Å²) in [7, 11) is 3.01. The van der Waals surface area contributed by atoms with Crippen LogP contribution in [0.4, 0.5) is 0 Å². The fourth-order valence-electron chi connectivity index (χ4n) is 2.78. The Bertz CT molecular complexity index is 729. The van der Waals surface area contributed by atoms with Crippen LogP contribution in [-0.2, 0) is 6.42 Å². The Kier molecular flexibility index (Phi) is 4.47. The van der Waals surface area contributed by atoms with Crippen LogP contribution >= 0.6 is 11.3 Å². The van der Waals surface area contributed by atoms with Crippen LogP contribution in [0.25, 0.3) is 0 Å². The molecule has 2 heterocycles. The van der Waals surface area contributed by atoms with Crippen molar-refractivity contribution >= 4 is 17.2 Å². The molecule has 7 heteroatoms. The molecular weight excluding hydrogens is 314 g/mol. The zero-order valence-corrected chi connectivity index (χ0v) is 14.2. The molecule has 1 N–H and O–H groups in total. The lowest BCUT2D eigenvalue weighted by Gasteiger charge is -2.22. The van der Waals surface area contributed by atoms with E-state index in [4.69, 9.17) is 9.47 Å². The summed E-state index contributed by atoms with van der Waals surface area (Å²) in [6, 6.07) is 3.26. The van der Waals surface area contributed by atoms with Crippen molar-refractivity contribution in [1.82, 2.24) is 15.3 Å². The molecule has 0 saturated heterocycles. The average Bonchev–Trinajstić information content (AvgIpc) is 2.95. The molecule has 23 heavy (non-hydrogen) atoms. The van der Waals surface area contributed by atoms with Crippen molar-refractivity contribution in [2.24, 2.45) is 0 Å². The molecule has 2 aromatic rings. The van der Waals surface area contributed by atoms with E-state index in [-0.39, 0.29) is 17.8 Å². The van der Waals surface area contributed by atoms with E-state index in [0.29, 0.717) is 11.4 Å². The molecule has 0 fully saturated rings. The van der Waals surface area contributed by atoms with E-state index >= 15 is 0 Å². The Morgan fingerprint density at radius 3 is 2.87 bits per heavy atom. The molecule has 0 spiro atoms. The Morgan fingerprint density at radius 2 is 2.13 bits per heavy atom. The van der Waals surface area contributed by atoms with Crippen molar-refractivity contribution in [2.45, 2.75) is 32.2 Å². The van der Waals surface area contributed by atoms with E-state index in [1.54, 1.807) is 23.5 Å². The van der Waals surface area contributed by atoms with Gasteiger partial charge in [0.25, 0.3) is 5.91 Å². The minimum atomic E-state index is -0.208. The van der Waals surface area contributed by atoms with Crippen LogP contribution < -0.4 is 14.8 Å². The van der Waals surface area contributed by atoms with E-state index in [9.17, 15) is 4.79 Å². The number of pyridine rings is 1. The first-order valence-electron chi connectivity index (χ1n) is 7.48. The van der Waals surface area contributed by atoms with Crippen LogP contribution in [-0.4, -0.2) is 30.1 Å². The third-order valence-electron chi connectivity index (χ3n) is 3.85. The highest BCUT2D eigenvalue weighted by Crippen LogP contribution is 2.33. The van der Waals surface area contributed by atoms with Gasteiger partial charge in [0.2, 0.25) is 11.8 Å². The van der Waals surface area contributed by atoms with Gasteiger partial charge < -0.3 is 14.8 Å². The molecule has 0 saturated carbocycles. The summed E-state index contributed by atoms with van der Waals surface area (Å²) < 4.78 is 10.3. The zero-order chi connectivity index (χ0) is 16.4. The highest BCUT2D eigenvalue weighted by atomic mass is 32.1. The quantitative estimate of drug-likeness (QED) is 0.931. The smallest absolute Gasteiger partial charge is 0.257 e. The number of ether oxygens (including phenoxy) is 2. The lowest BCUT2D eigenvalue weighted by Crippen LogP contribution is -2.31. The van der Waals surface area contributed by atoms with Gasteiger partial charge in [-0.2, -0.15) is 4.98 Å². The van der Waals surface area contributed by atoms with Crippen LogP contribution in [0.3, 0.4) is 0 Å². The number of carbonyl (C=O) groups is 1. The van der Waals surface area contributed by atoms with Crippen molar-refractivity contribution in [3.8, 4) is 11.8 Å². The molecule has 6 nitrogen and oxygen atoms in total. The van der Waals surface area contributed by atoms with Crippen LogP contribution in [0.15, 0.2) is 12.1 Å². The lowest BCUT2D eigenvalue weighted by molar-refractivity contribution is 0.0928. The molecule has 1 atom stereocenters. The number of amides is 1. The van der Waals surface area contributed by atoms with Crippen molar-refractivity contribution < 1.29 is 14.3 Å². The molecule has 1 unspecified atom stereocenters. The third kappa shape index (κ3) is 3.14. The Balaban J connectivity index is 1.83. The maximum atomic E-state index is 12.6. The van der Waals surface area contributed by atoms with Gasteiger partial charge in [0.1, 0.15) is 5.56 Å². The van der Waals surface area contributed by atoms with Crippen molar-refractivity contribution in [3.05, 3.63) is 33.3 Å². The number of fused-ring (bicyclic) bond motifs is 1. The van der Waals surface area contributed by atoms with Crippen LogP contribution in [0.1, 0.15) is 44.8 Å². The molecule has 122 valence electrons. The summed E-state index contributed by atoms with van der Waals surface area (Å²) in [5.74, 6) is 0.460. The first kappa shape index (κ1) is 15.7. The summed E-state index contributed by atoms with van der Waals surface area (Å²) in [4.78, 5) is 22.6. The summed E-state index contributed by atoms with van der Waals surface area (Å²) in [5, 5.41) is 4.10. The van der Waals surface area contributed by atoms with Crippen LogP contribution in [0.2, 0.25) is 0 Å². The lowest BCUT2D eigenvalue weighted by atomic mass is 9.97. The predicted molar refractivity (Wildman–Crippen MR) is 87.3 cm³/mol. The molecule has 1 aliphatic carbocycles. The van der Waals surface area contributed by atoms with E-state index in [1.807, 2.05) is 6.92 Å². The Morgan fingerprint density at radius 1 is 1.30 bits per heavy atom. The summed E-state index contributed by atoms with van der Waals surface area (Å²) in [5.41, 5.74) is 1.40. The maximum absolute atomic E-state index is 12.6. The standard InChI is InChI=1S/C16H19N3O3S/c1-9-17-14-11(5-4-6-12(14)23-9)18-15(20)10-7-8-13(21-2)19-16(10)22-3/h7-8,11H,4-6H2,1-3H3,(H,18,20). The van der Waals surface area contributed by atoms with E-state index in [1.165, 1.54) is 19.1 Å². The molecule has 3 rings (SSSR count). The Hall–Kier alpha value is -2.15. The fourth-order valence-corrected chi connectivity index (χ4v) is 3.82. The maximum Gasteiger partial charge on any atom is 0.257 e. The van der Waals surface area contributed by atoms with Crippen molar-refractivity contribution in [1.29, 1.82) is 0 Å². The normalized spacial score (nSPS) is 16.6. The highest BCUT2D eigenvalue weighted by molar-refractivity contribution is 7.11. The number of thiazole rings is 1. The van der Waals surface area contributed by atoms with Gasteiger partial charge in [-0.25, -0.2) is 4.98 Å². The number of nitrogens with one attached hydrogen (secondary N) is 1. The first-order valence-corrected chi connectivity index (χ1v) is 8.30. The molecule has 0 radical (unpaired) electrons. The number of aryl methyl sites for hydroxylation is 2. The average molecular weight is 333 g/mol. The van der Waals surface area contributed by atoms with Gasteiger partial charge in [-0.1, -0.05) is 0 Å². The fraction of sp³-hybridized carbons (Fsp3) is 0.438. The third-order valence-corrected chi connectivity index (χ3v) is 4.89. The van der Waals surface area contributed by atoms with E-state index in [0.717, 1.165) is 30.0 Å². The second kappa shape index (κ2) is 6.54. The first-order chi connectivity index (χ1) is 11.1. The SMILES string of the molecule is COc1ccc(C(=O)NC2CCCc3sc(C)nc32)c(OC)n1. The van der Waals surface area contributed by atoms with Gasteiger partial charge in [-0.05, 0) is 32.3 Å². The number of rotatable bonds is 4. The second-order valence-electron chi connectivity index (χ2n) is 5.37. The van der Waals surface area contributed by atoms with Crippen molar-refractivity contribution in [2.75, 3.05) is 14.2 Å². The highest BCUT2D eigenvalue weighted by Gasteiger charge is 2.27. The topological polar surface area (TPSA) is 73.3 Å². The van der Waals surface area contributed by atoms with Gasteiger partial charge in [0.15, 0.2) is 0 Å². The predicted octanol–water partition coefficient (Wildman–Crippen LogP) is 2.67. The number of hydrogen-bond donors (Lipinski definition) is 1. The molecule has 2 aromatic heterocycles. The van der Waals surface area contributed by atoms with Gasteiger partial charge in [-0.15, -0.1) is 11.3 Å². The van der Waals surface area contributed by atoms with Crippen LogP contribution in [0.5, 0.6) is 11.8 Å². The second-order valence-corrected chi connectivity index (χ2v) is 6.66. The van der Waals surface area contributed by atoms with Gasteiger partial charge in [-0.3, -0.25) is 4.79 Å². The number of carbonyl (C=O) groups excluding carboxylic acids is 1.